The minimum Gasteiger partial charge on any atom is -0.465 e. The van der Waals surface area contributed by atoms with Crippen molar-refractivity contribution in [2.45, 2.75) is 19.2 Å². The maximum Gasteiger partial charge on any atom is 0.337 e. The molecule has 86 valence electrons. The maximum atomic E-state index is 11.3. The van der Waals surface area contributed by atoms with Crippen LogP contribution in [0.1, 0.15) is 28.4 Å². The number of carbonyl (C=O) groups excluding carboxylic acids is 2. The van der Waals surface area contributed by atoms with Crippen molar-refractivity contribution in [3.05, 3.63) is 34.9 Å². The van der Waals surface area contributed by atoms with Gasteiger partial charge in [-0.15, -0.1) is 11.6 Å². The van der Waals surface area contributed by atoms with E-state index in [0.717, 1.165) is 11.1 Å². The number of hydrogen-bond acceptors (Lipinski definition) is 3. The number of methoxy groups -OCH3 is 1. The number of carbonyl (C=O) groups is 2. The van der Waals surface area contributed by atoms with Crippen molar-refractivity contribution in [2.75, 3.05) is 7.11 Å². The molecule has 0 aromatic heterocycles. The van der Waals surface area contributed by atoms with Crippen molar-refractivity contribution < 1.29 is 14.3 Å². The molecule has 1 aromatic rings. The fourth-order valence-electron chi connectivity index (χ4n) is 1.43. The van der Waals surface area contributed by atoms with E-state index in [4.69, 9.17) is 11.6 Å². The van der Waals surface area contributed by atoms with Gasteiger partial charge in [0.15, 0.2) is 0 Å². The Kier molecular flexibility index (Phi) is 4.50. The van der Waals surface area contributed by atoms with E-state index in [1.54, 1.807) is 18.2 Å². The van der Waals surface area contributed by atoms with Gasteiger partial charge in [-0.25, -0.2) is 4.79 Å². The van der Waals surface area contributed by atoms with Gasteiger partial charge in [0.2, 0.25) is 0 Å². The van der Waals surface area contributed by atoms with Crippen LogP contribution in [0.25, 0.3) is 0 Å². The zero-order valence-corrected chi connectivity index (χ0v) is 10.0. The molecule has 0 unspecified atom stereocenters. The Morgan fingerprint density at radius 2 is 2.00 bits per heavy atom. The summed E-state index contributed by atoms with van der Waals surface area (Å²) in [5, 5.41) is 0. The summed E-state index contributed by atoms with van der Waals surface area (Å²) in [5.74, 6) is -0.0522. The number of ketones is 1. The average Bonchev–Trinajstić information content (AvgIpc) is 2.27. The van der Waals surface area contributed by atoms with E-state index in [1.165, 1.54) is 14.0 Å². The molecule has 1 rings (SSSR count). The first-order valence-electron chi connectivity index (χ1n) is 4.84. The topological polar surface area (TPSA) is 43.4 Å². The largest absolute Gasteiger partial charge is 0.465 e. The molecule has 0 aliphatic carbocycles. The quantitative estimate of drug-likeness (QED) is 0.599. The van der Waals surface area contributed by atoms with Crippen molar-refractivity contribution in [1.82, 2.24) is 0 Å². The smallest absolute Gasteiger partial charge is 0.337 e. The Bertz CT molecular complexity index is 413. The van der Waals surface area contributed by atoms with Crippen LogP contribution in [0, 0.1) is 0 Å². The lowest BCUT2D eigenvalue weighted by Crippen LogP contribution is -2.06. The molecule has 0 aliphatic heterocycles. The van der Waals surface area contributed by atoms with Gasteiger partial charge in [0, 0.05) is 12.3 Å². The van der Waals surface area contributed by atoms with Crippen LogP contribution in [-0.2, 0) is 21.8 Å². The molecule has 1 aromatic carbocycles. The van der Waals surface area contributed by atoms with E-state index in [9.17, 15) is 9.59 Å². The number of esters is 1. The highest BCUT2D eigenvalue weighted by Crippen LogP contribution is 2.16. The van der Waals surface area contributed by atoms with Gasteiger partial charge in [-0.3, -0.25) is 4.79 Å². The van der Waals surface area contributed by atoms with Crippen molar-refractivity contribution in [2.24, 2.45) is 0 Å². The van der Waals surface area contributed by atoms with Crippen LogP contribution in [0.5, 0.6) is 0 Å². The van der Waals surface area contributed by atoms with Gasteiger partial charge in [0.25, 0.3) is 0 Å². The Labute approximate surface area is 99.4 Å². The summed E-state index contributed by atoms with van der Waals surface area (Å²) in [6, 6.07) is 5.05. The van der Waals surface area contributed by atoms with Crippen molar-refractivity contribution in [3.63, 3.8) is 0 Å². The van der Waals surface area contributed by atoms with Crippen molar-refractivity contribution in [1.29, 1.82) is 0 Å². The molecule has 0 heterocycles. The highest BCUT2D eigenvalue weighted by atomic mass is 35.5. The van der Waals surface area contributed by atoms with Crippen LogP contribution < -0.4 is 0 Å². The lowest BCUT2D eigenvalue weighted by atomic mass is 10.0. The van der Waals surface area contributed by atoms with Crippen molar-refractivity contribution in [3.8, 4) is 0 Å². The van der Waals surface area contributed by atoms with Gasteiger partial charge in [0.05, 0.1) is 12.7 Å². The summed E-state index contributed by atoms with van der Waals surface area (Å²) >= 11 is 5.75. The standard InChI is InChI=1S/C12H13ClO3/c1-8(14)5-11-6-9(12(15)16-2)3-4-10(11)7-13/h3-4,6H,5,7H2,1-2H3. The molecule has 0 bridgehead atoms. The van der Waals surface area contributed by atoms with Crippen LogP contribution in [0.3, 0.4) is 0 Å². The zero-order valence-electron chi connectivity index (χ0n) is 9.25. The minimum atomic E-state index is -0.411. The van der Waals surface area contributed by atoms with Crippen LogP contribution in [0.4, 0.5) is 0 Å². The number of benzene rings is 1. The molecule has 0 atom stereocenters. The molecular formula is C12H13ClO3. The average molecular weight is 241 g/mol. The summed E-state index contributed by atoms with van der Waals surface area (Å²) in [6.07, 6.45) is 0.285. The molecule has 4 heteroatoms. The van der Waals surface area contributed by atoms with Crippen molar-refractivity contribution >= 4 is 23.4 Å². The molecule has 0 fully saturated rings. The van der Waals surface area contributed by atoms with Crippen LogP contribution in [0.15, 0.2) is 18.2 Å². The summed E-state index contributed by atoms with van der Waals surface area (Å²) in [5.41, 5.74) is 2.09. The monoisotopic (exact) mass is 240 g/mol. The van der Waals surface area contributed by atoms with Gasteiger partial charge < -0.3 is 4.74 Å². The molecule has 0 radical (unpaired) electrons. The molecule has 0 aliphatic rings. The Morgan fingerprint density at radius 1 is 1.31 bits per heavy atom. The van der Waals surface area contributed by atoms with Gasteiger partial charge in [0.1, 0.15) is 5.78 Å². The highest BCUT2D eigenvalue weighted by Gasteiger charge is 2.10. The second kappa shape index (κ2) is 5.66. The van der Waals surface area contributed by atoms with E-state index in [0.29, 0.717) is 11.4 Å². The summed E-state index contributed by atoms with van der Waals surface area (Å²) in [7, 11) is 1.32. The number of alkyl halides is 1. The van der Waals surface area contributed by atoms with E-state index in [1.807, 2.05) is 0 Å². The van der Waals surface area contributed by atoms with Crippen LogP contribution >= 0.6 is 11.6 Å². The second-order valence-corrected chi connectivity index (χ2v) is 3.75. The molecule has 0 spiro atoms. The number of Topliss-reactive ketones (excluding diaryl/α,β-unsaturated/α-hetero) is 1. The van der Waals surface area contributed by atoms with Gasteiger partial charge in [-0.2, -0.15) is 0 Å². The van der Waals surface area contributed by atoms with E-state index < -0.39 is 5.97 Å². The third kappa shape index (κ3) is 3.07. The summed E-state index contributed by atoms with van der Waals surface area (Å²) in [4.78, 5) is 22.4. The fourth-order valence-corrected chi connectivity index (χ4v) is 1.69. The SMILES string of the molecule is COC(=O)c1ccc(CCl)c(CC(C)=O)c1. The molecular weight excluding hydrogens is 228 g/mol. The fraction of sp³-hybridized carbons (Fsp3) is 0.333. The van der Waals surface area contributed by atoms with E-state index >= 15 is 0 Å². The lowest BCUT2D eigenvalue weighted by molar-refractivity contribution is -0.116. The van der Waals surface area contributed by atoms with E-state index in [-0.39, 0.29) is 12.2 Å². The lowest BCUT2D eigenvalue weighted by Gasteiger charge is -2.07. The molecule has 0 amide bonds. The second-order valence-electron chi connectivity index (χ2n) is 3.49. The molecule has 0 saturated heterocycles. The van der Waals surface area contributed by atoms with E-state index in [2.05, 4.69) is 4.74 Å². The molecule has 0 saturated carbocycles. The maximum absolute atomic E-state index is 11.3. The number of halogens is 1. The third-order valence-electron chi connectivity index (χ3n) is 2.21. The molecule has 3 nitrogen and oxygen atoms in total. The number of ether oxygens (including phenoxy) is 1. The van der Waals surface area contributed by atoms with Gasteiger partial charge in [-0.05, 0) is 30.2 Å². The number of rotatable bonds is 4. The third-order valence-corrected chi connectivity index (χ3v) is 2.50. The summed E-state index contributed by atoms with van der Waals surface area (Å²) in [6.45, 7) is 1.50. The van der Waals surface area contributed by atoms with Gasteiger partial charge in [-0.1, -0.05) is 6.07 Å². The Hall–Kier alpha value is -1.35. The first-order valence-corrected chi connectivity index (χ1v) is 5.37. The Morgan fingerprint density at radius 3 is 2.50 bits per heavy atom. The molecule has 0 N–H and O–H groups in total. The van der Waals surface area contributed by atoms with Gasteiger partial charge >= 0.3 is 5.97 Å². The van der Waals surface area contributed by atoms with Crippen LogP contribution in [-0.4, -0.2) is 18.9 Å². The normalized spacial score (nSPS) is 9.94. The van der Waals surface area contributed by atoms with Crippen LogP contribution in [0.2, 0.25) is 0 Å². The predicted molar refractivity (Wildman–Crippen MR) is 61.7 cm³/mol. The zero-order chi connectivity index (χ0) is 12.1. The number of hydrogen-bond donors (Lipinski definition) is 0. The highest BCUT2D eigenvalue weighted by molar-refractivity contribution is 6.17. The first kappa shape index (κ1) is 12.7. The Balaban J connectivity index is 3.10. The molecule has 16 heavy (non-hydrogen) atoms. The first-order chi connectivity index (χ1) is 7.58. The predicted octanol–water partition coefficient (Wildman–Crippen LogP) is 2.34. The summed E-state index contributed by atoms with van der Waals surface area (Å²) < 4.78 is 4.61. The minimum absolute atomic E-state index is 0.0355.